The third kappa shape index (κ3) is 6.47. The van der Waals surface area contributed by atoms with E-state index >= 15 is 0 Å². The molecule has 0 aromatic heterocycles. The fourth-order valence-corrected chi connectivity index (χ4v) is 2.15. The monoisotopic (exact) mass is 284 g/mol. The molecule has 0 amide bonds. The number of hydrogen-bond acceptors (Lipinski definition) is 5. The predicted octanol–water partition coefficient (Wildman–Crippen LogP) is 3.39. The zero-order valence-electron chi connectivity index (χ0n) is 11.4. The van der Waals surface area contributed by atoms with Gasteiger partial charge in [-0.3, -0.25) is 9.59 Å². The lowest BCUT2D eigenvalue weighted by Crippen LogP contribution is -2.16. The van der Waals surface area contributed by atoms with Crippen LogP contribution < -0.4 is 0 Å². The lowest BCUT2D eigenvalue weighted by atomic mass is 10.1. The average molecular weight is 284 g/mol. The molecule has 0 unspecified atom stereocenters. The number of esters is 1. The molecular formula is C14H20O4S. The Bertz CT molecular complexity index is 374. The molecule has 0 N–H and O–H groups in total. The van der Waals surface area contributed by atoms with Crippen molar-refractivity contribution in [3.63, 3.8) is 0 Å². The van der Waals surface area contributed by atoms with Gasteiger partial charge >= 0.3 is 11.9 Å². The number of carbonyl (C=O) groups is 2. The average Bonchev–Trinajstić information content (AvgIpc) is 2.43. The molecule has 0 aromatic rings. The second-order valence-electron chi connectivity index (χ2n) is 4.33. The van der Waals surface area contributed by atoms with Gasteiger partial charge in [-0.1, -0.05) is 19.1 Å². The van der Waals surface area contributed by atoms with E-state index in [1.165, 1.54) is 0 Å². The Morgan fingerprint density at radius 3 is 2.89 bits per heavy atom. The van der Waals surface area contributed by atoms with Crippen LogP contribution in [0, 0.1) is 5.92 Å². The van der Waals surface area contributed by atoms with Gasteiger partial charge in [-0.05, 0) is 32.3 Å². The zero-order valence-corrected chi connectivity index (χ0v) is 12.2. The largest absolute Gasteiger partial charge is 0.466 e. The first-order valence-electron chi connectivity index (χ1n) is 6.53. The number of rotatable bonds is 7. The van der Waals surface area contributed by atoms with E-state index in [1.807, 2.05) is 12.2 Å². The fourth-order valence-electron chi connectivity index (χ4n) is 1.53. The van der Waals surface area contributed by atoms with E-state index in [0.717, 1.165) is 29.8 Å². The zero-order chi connectivity index (χ0) is 14.1. The van der Waals surface area contributed by atoms with Crippen molar-refractivity contribution in [1.82, 2.24) is 0 Å². The molecule has 0 fully saturated rings. The van der Waals surface area contributed by atoms with Crippen molar-refractivity contribution in [1.29, 1.82) is 0 Å². The van der Waals surface area contributed by atoms with E-state index < -0.39 is 0 Å². The summed E-state index contributed by atoms with van der Waals surface area (Å²) in [7, 11) is 0. The summed E-state index contributed by atoms with van der Waals surface area (Å²) >= 11 is 1.12. The van der Waals surface area contributed by atoms with Gasteiger partial charge in [0.25, 0.3) is 0 Å². The Morgan fingerprint density at radius 2 is 2.26 bits per heavy atom. The molecule has 0 bridgehead atoms. The summed E-state index contributed by atoms with van der Waals surface area (Å²) < 4.78 is 9.97. The van der Waals surface area contributed by atoms with Crippen LogP contribution in [0.25, 0.3) is 0 Å². The third-order valence-electron chi connectivity index (χ3n) is 2.69. The molecule has 0 aliphatic heterocycles. The summed E-state index contributed by atoms with van der Waals surface area (Å²) in [6.07, 6.45) is 8.56. The fraction of sp³-hybridized carbons (Fsp3) is 0.571. The topological polar surface area (TPSA) is 52.6 Å². The Kier molecular flexibility index (Phi) is 7.33. The normalized spacial score (nSPS) is 15.6. The lowest BCUT2D eigenvalue weighted by Gasteiger charge is -2.10. The van der Waals surface area contributed by atoms with E-state index in [4.69, 9.17) is 8.92 Å². The number of allylic oxidation sites excluding steroid dienone is 4. The van der Waals surface area contributed by atoms with Gasteiger partial charge in [0.2, 0.25) is 0 Å². The van der Waals surface area contributed by atoms with Crippen molar-refractivity contribution in [3.8, 4) is 0 Å². The molecule has 0 radical (unpaired) electrons. The molecule has 1 aliphatic rings. The standard InChI is InChI=1S/C14H20O4S/c1-3-17-14(16)11(2)9-10-13(15)18-19-12-7-5-4-6-8-12/h4-5,7,11H,3,6,8-10H2,1-2H3/t11-/m0/s1. The minimum atomic E-state index is -0.295. The van der Waals surface area contributed by atoms with Crippen LogP contribution in [-0.2, 0) is 18.5 Å². The second-order valence-corrected chi connectivity index (χ2v) is 5.19. The van der Waals surface area contributed by atoms with E-state index in [9.17, 15) is 9.59 Å². The van der Waals surface area contributed by atoms with E-state index in [-0.39, 0.29) is 24.3 Å². The predicted molar refractivity (Wildman–Crippen MR) is 75.2 cm³/mol. The van der Waals surface area contributed by atoms with Gasteiger partial charge in [0, 0.05) is 11.3 Å². The molecular weight excluding hydrogens is 264 g/mol. The first-order chi connectivity index (χ1) is 9.13. The van der Waals surface area contributed by atoms with Crippen molar-refractivity contribution in [2.45, 2.75) is 39.5 Å². The van der Waals surface area contributed by atoms with Crippen LogP contribution in [0.2, 0.25) is 0 Å². The van der Waals surface area contributed by atoms with Crippen LogP contribution in [0.3, 0.4) is 0 Å². The minimum Gasteiger partial charge on any atom is -0.466 e. The highest BCUT2D eigenvalue weighted by molar-refractivity contribution is 7.98. The summed E-state index contributed by atoms with van der Waals surface area (Å²) in [6, 6.07) is 0. The summed E-state index contributed by atoms with van der Waals surface area (Å²) in [4.78, 5) is 23.9. The van der Waals surface area contributed by atoms with Crippen molar-refractivity contribution < 1.29 is 18.5 Å². The van der Waals surface area contributed by atoms with Crippen molar-refractivity contribution in [3.05, 3.63) is 23.1 Å². The Morgan fingerprint density at radius 1 is 1.47 bits per heavy atom. The van der Waals surface area contributed by atoms with Gasteiger partial charge < -0.3 is 8.92 Å². The van der Waals surface area contributed by atoms with E-state index in [2.05, 4.69) is 6.08 Å². The summed E-state index contributed by atoms with van der Waals surface area (Å²) in [5.74, 6) is -0.825. The first kappa shape index (κ1) is 15.8. The highest BCUT2D eigenvalue weighted by Crippen LogP contribution is 2.25. The second kappa shape index (κ2) is 8.80. The van der Waals surface area contributed by atoms with Crippen molar-refractivity contribution >= 4 is 24.0 Å². The van der Waals surface area contributed by atoms with Crippen LogP contribution in [0.4, 0.5) is 0 Å². The molecule has 19 heavy (non-hydrogen) atoms. The lowest BCUT2D eigenvalue weighted by molar-refractivity contribution is -0.147. The molecule has 1 rings (SSSR count). The Labute approximate surface area is 118 Å². The summed E-state index contributed by atoms with van der Waals surface area (Å²) in [5, 5.41) is 0. The minimum absolute atomic E-state index is 0.232. The maximum absolute atomic E-state index is 11.5. The molecule has 0 spiro atoms. The molecule has 0 heterocycles. The number of carbonyl (C=O) groups excluding carboxylic acids is 2. The molecule has 106 valence electrons. The SMILES string of the molecule is CCOC(=O)[C@@H](C)CCC(=O)OSC1=CC=CCC1. The van der Waals surface area contributed by atoms with Crippen LogP contribution >= 0.6 is 12.0 Å². The highest BCUT2D eigenvalue weighted by Gasteiger charge is 2.16. The van der Waals surface area contributed by atoms with Gasteiger partial charge in [0.15, 0.2) is 0 Å². The smallest absolute Gasteiger partial charge is 0.318 e. The van der Waals surface area contributed by atoms with Crippen LogP contribution in [0.15, 0.2) is 23.1 Å². The van der Waals surface area contributed by atoms with Crippen LogP contribution in [0.5, 0.6) is 0 Å². The Hall–Kier alpha value is -1.23. The maximum atomic E-state index is 11.5. The molecule has 0 aromatic carbocycles. The molecule has 5 heteroatoms. The van der Waals surface area contributed by atoms with Gasteiger partial charge in [-0.25, -0.2) is 0 Å². The molecule has 1 aliphatic carbocycles. The Balaban J connectivity index is 2.18. The quantitative estimate of drug-likeness (QED) is 0.530. The van der Waals surface area contributed by atoms with Crippen molar-refractivity contribution in [2.75, 3.05) is 6.61 Å². The van der Waals surface area contributed by atoms with Gasteiger partial charge in [-0.15, -0.1) is 0 Å². The number of hydrogen-bond donors (Lipinski definition) is 0. The van der Waals surface area contributed by atoms with Gasteiger partial charge in [0.05, 0.1) is 24.6 Å². The molecule has 4 nitrogen and oxygen atoms in total. The van der Waals surface area contributed by atoms with Gasteiger partial charge in [-0.2, -0.15) is 0 Å². The molecule has 0 saturated carbocycles. The van der Waals surface area contributed by atoms with E-state index in [1.54, 1.807) is 13.8 Å². The van der Waals surface area contributed by atoms with Crippen LogP contribution in [-0.4, -0.2) is 18.5 Å². The molecule has 1 atom stereocenters. The van der Waals surface area contributed by atoms with E-state index in [0.29, 0.717) is 13.0 Å². The van der Waals surface area contributed by atoms with Crippen molar-refractivity contribution in [2.24, 2.45) is 5.92 Å². The van der Waals surface area contributed by atoms with Crippen LogP contribution in [0.1, 0.15) is 39.5 Å². The first-order valence-corrected chi connectivity index (χ1v) is 7.27. The maximum Gasteiger partial charge on any atom is 0.318 e. The summed E-state index contributed by atoms with van der Waals surface area (Å²) in [6.45, 7) is 3.89. The highest BCUT2D eigenvalue weighted by atomic mass is 32.2. The third-order valence-corrected chi connectivity index (χ3v) is 3.51. The number of ether oxygens (including phenoxy) is 1. The van der Waals surface area contributed by atoms with Gasteiger partial charge in [0.1, 0.15) is 0 Å². The summed E-state index contributed by atoms with van der Waals surface area (Å²) in [5.41, 5.74) is 0. The molecule has 0 saturated heterocycles.